The lowest BCUT2D eigenvalue weighted by molar-refractivity contribution is 0.299. The average molecular weight is 339 g/mol. The van der Waals surface area contributed by atoms with Crippen molar-refractivity contribution < 1.29 is 5.11 Å². The number of aliphatic hydroxyl groups excluding tert-OH is 1. The second-order valence-electron chi connectivity index (χ2n) is 6.44. The summed E-state index contributed by atoms with van der Waals surface area (Å²) in [7, 11) is 0. The summed E-state index contributed by atoms with van der Waals surface area (Å²) in [5, 5.41) is 19.8. The third-order valence-electron chi connectivity index (χ3n) is 4.47. The number of hydrogen-bond acceptors (Lipinski definition) is 5. The first-order valence-corrected chi connectivity index (χ1v) is 8.83. The predicted molar refractivity (Wildman–Crippen MR) is 99.5 cm³/mol. The molecule has 3 N–H and O–H groups in total. The predicted octanol–water partition coefficient (Wildman–Crippen LogP) is 3.24. The molecule has 1 aliphatic rings. The number of aliphatic hydroxyl groups is 1. The van der Waals surface area contributed by atoms with Gasteiger partial charge in [-0.3, -0.25) is 5.10 Å². The normalized spacial score (nSPS) is 14.3. The van der Waals surface area contributed by atoms with Gasteiger partial charge in [0.05, 0.1) is 11.6 Å². The van der Waals surface area contributed by atoms with Gasteiger partial charge in [-0.25, -0.2) is 9.97 Å². The van der Waals surface area contributed by atoms with Gasteiger partial charge in [0.2, 0.25) is 0 Å². The summed E-state index contributed by atoms with van der Waals surface area (Å²) in [6.45, 7) is 2.30. The van der Waals surface area contributed by atoms with Crippen LogP contribution < -0.4 is 5.32 Å². The van der Waals surface area contributed by atoms with Crippen molar-refractivity contribution in [1.82, 2.24) is 20.2 Å². The molecule has 0 unspecified atom stereocenters. The van der Waals surface area contributed by atoms with Crippen LogP contribution >= 0.6 is 0 Å². The number of fused-ring (bicyclic) bond motifs is 1. The lowest BCUT2D eigenvalue weighted by Crippen LogP contribution is -2.15. The number of H-pyrrole nitrogens is 1. The molecule has 2 aromatic heterocycles. The zero-order valence-electron chi connectivity index (χ0n) is 14.6. The number of nitrogens with one attached hydrogen (secondary N) is 2. The summed E-state index contributed by atoms with van der Waals surface area (Å²) < 4.78 is 0. The molecule has 0 radical (unpaired) electrons. The summed E-state index contributed by atoms with van der Waals surface area (Å²) in [6.07, 6.45) is 9.21. The molecule has 0 bridgehead atoms. The van der Waals surface area contributed by atoms with E-state index in [-0.39, 0.29) is 6.61 Å². The summed E-state index contributed by atoms with van der Waals surface area (Å²) in [4.78, 5) is 8.37. The lowest BCUT2D eigenvalue weighted by Gasteiger charge is -2.12. The Morgan fingerprint density at radius 1 is 1.16 bits per heavy atom. The highest BCUT2D eigenvalue weighted by atomic mass is 16.2. The molecular formula is C19H25N5O. The van der Waals surface area contributed by atoms with E-state index in [9.17, 15) is 0 Å². The molecule has 0 spiro atoms. The van der Waals surface area contributed by atoms with Gasteiger partial charge in [0.1, 0.15) is 12.1 Å². The lowest BCUT2D eigenvalue weighted by atomic mass is 10.1. The first kappa shape index (κ1) is 17.4. The summed E-state index contributed by atoms with van der Waals surface area (Å²) in [5.41, 5.74) is 3.26. The maximum atomic E-state index is 8.59. The number of nitrogens with zero attached hydrogens (tertiary/aromatic N) is 3. The molecule has 0 amide bonds. The standard InChI is InChI=1S/C10H13N5.C9H12O/c1-2-4-7(3-1)14-9-8-5-13-15-10(8)12-6-11-9;1-8-2-4-9(5-3-8)6-7-10/h5-7H,1-4H2,(H2,11,12,13,14,15);2-5,10H,6-7H2,1H3. The number of aryl methyl sites for hydroxylation is 1. The van der Waals surface area contributed by atoms with Gasteiger partial charge in [0.25, 0.3) is 0 Å². The van der Waals surface area contributed by atoms with Crippen molar-refractivity contribution in [1.29, 1.82) is 0 Å². The Bertz CT molecular complexity index is 778. The maximum absolute atomic E-state index is 8.59. The van der Waals surface area contributed by atoms with Gasteiger partial charge in [-0.2, -0.15) is 5.10 Å². The quantitative estimate of drug-likeness (QED) is 0.679. The van der Waals surface area contributed by atoms with Crippen molar-refractivity contribution in [2.75, 3.05) is 11.9 Å². The van der Waals surface area contributed by atoms with Gasteiger partial charge in [-0.15, -0.1) is 0 Å². The Morgan fingerprint density at radius 2 is 1.92 bits per heavy atom. The average Bonchev–Trinajstić information content (AvgIpc) is 3.30. The van der Waals surface area contributed by atoms with Crippen LogP contribution in [0.3, 0.4) is 0 Å². The smallest absolute Gasteiger partial charge is 0.160 e. The number of benzene rings is 1. The van der Waals surface area contributed by atoms with E-state index in [0.29, 0.717) is 6.04 Å². The molecule has 25 heavy (non-hydrogen) atoms. The fourth-order valence-electron chi connectivity index (χ4n) is 3.03. The van der Waals surface area contributed by atoms with Crippen molar-refractivity contribution >= 4 is 16.9 Å². The van der Waals surface area contributed by atoms with Crippen molar-refractivity contribution in [3.63, 3.8) is 0 Å². The first-order chi connectivity index (χ1) is 12.3. The van der Waals surface area contributed by atoms with E-state index in [1.807, 2.05) is 12.1 Å². The van der Waals surface area contributed by atoms with E-state index in [1.165, 1.54) is 36.8 Å². The molecule has 2 heterocycles. The van der Waals surface area contributed by atoms with Crippen LogP contribution in [0.2, 0.25) is 0 Å². The molecule has 1 fully saturated rings. The van der Waals surface area contributed by atoms with Crippen molar-refractivity contribution in [3.05, 3.63) is 47.9 Å². The zero-order chi connectivity index (χ0) is 17.5. The number of rotatable bonds is 4. The van der Waals surface area contributed by atoms with Crippen LogP contribution in [-0.2, 0) is 6.42 Å². The second-order valence-corrected chi connectivity index (χ2v) is 6.44. The van der Waals surface area contributed by atoms with Gasteiger partial charge in [-0.1, -0.05) is 42.7 Å². The van der Waals surface area contributed by atoms with Crippen LogP contribution in [0.15, 0.2) is 36.8 Å². The third kappa shape index (κ3) is 4.76. The van der Waals surface area contributed by atoms with E-state index in [0.717, 1.165) is 23.3 Å². The van der Waals surface area contributed by atoms with Crippen LogP contribution in [0.25, 0.3) is 11.0 Å². The minimum atomic E-state index is 0.239. The number of anilines is 1. The molecule has 4 rings (SSSR count). The molecule has 6 heteroatoms. The van der Waals surface area contributed by atoms with Gasteiger partial charge >= 0.3 is 0 Å². The van der Waals surface area contributed by atoms with Gasteiger partial charge in [-0.05, 0) is 31.7 Å². The zero-order valence-corrected chi connectivity index (χ0v) is 14.6. The van der Waals surface area contributed by atoms with Crippen LogP contribution in [0.1, 0.15) is 36.8 Å². The van der Waals surface area contributed by atoms with Crippen LogP contribution in [-0.4, -0.2) is 37.9 Å². The monoisotopic (exact) mass is 339 g/mol. The van der Waals surface area contributed by atoms with E-state index in [1.54, 1.807) is 12.5 Å². The fraction of sp³-hybridized carbons (Fsp3) is 0.421. The largest absolute Gasteiger partial charge is 0.396 e. The molecule has 0 atom stereocenters. The molecule has 0 aliphatic heterocycles. The summed E-state index contributed by atoms with van der Waals surface area (Å²) in [6, 6.07) is 8.78. The molecule has 1 aromatic carbocycles. The highest BCUT2D eigenvalue weighted by Gasteiger charge is 2.16. The summed E-state index contributed by atoms with van der Waals surface area (Å²) >= 11 is 0. The SMILES string of the molecule is Cc1ccc(CCO)cc1.c1nc(NC2CCCC2)c2cn[nH]c2n1. The van der Waals surface area contributed by atoms with Crippen molar-refractivity contribution in [2.45, 2.75) is 45.1 Å². The Kier molecular flexibility index (Phi) is 5.95. The van der Waals surface area contributed by atoms with Gasteiger partial charge < -0.3 is 10.4 Å². The number of hydrogen-bond donors (Lipinski definition) is 3. The minimum Gasteiger partial charge on any atom is -0.396 e. The maximum Gasteiger partial charge on any atom is 0.160 e. The van der Waals surface area contributed by atoms with Crippen LogP contribution in [0, 0.1) is 6.92 Å². The molecular weight excluding hydrogens is 314 g/mol. The van der Waals surface area contributed by atoms with E-state index < -0.39 is 0 Å². The molecule has 6 nitrogen and oxygen atoms in total. The Morgan fingerprint density at radius 3 is 2.64 bits per heavy atom. The topological polar surface area (TPSA) is 86.7 Å². The fourth-order valence-corrected chi connectivity index (χ4v) is 3.03. The van der Waals surface area contributed by atoms with Crippen molar-refractivity contribution in [3.8, 4) is 0 Å². The van der Waals surface area contributed by atoms with Gasteiger partial charge in [0.15, 0.2) is 5.65 Å². The number of aromatic amines is 1. The number of aromatic nitrogens is 4. The van der Waals surface area contributed by atoms with Gasteiger partial charge in [0, 0.05) is 12.6 Å². The molecule has 0 saturated heterocycles. The third-order valence-corrected chi connectivity index (χ3v) is 4.47. The highest BCUT2D eigenvalue weighted by Crippen LogP contribution is 2.24. The Hall–Kier alpha value is -2.47. The minimum absolute atomic E-state index is 0.239. The molecule has 3 aromatic rings. The van der Waals surface area contributed by atoms with Crippen molar-refractivity contribution in [2.24, 2.45) is 0 Å². The second kappa shape index (κ2) is 8.58. The summed E-state index contributed by atoms with van der Waals surface area (Å²) in [5.74, 6) is 0.903. The Balaban J connectivity index is 0.000000160. The first-order valence-electron chi connectivity index (χ1n) is 8.83. The highest BCUT2D eigenvalue weighted by molar-refractivity contribution is 5.85. The van der Waals surface area contributed by atoms with Crippen LogP contribution in [0.4, 0.5) is 5.82 Å². The van der Waals surface area contributed by atoms with E-state index in [2.05, 4.69) is 44.5 Å². The van der Waals surface area contributed by atoms with Crippen LogP contribution in [0.5, 0.6) is 0 Å². The molecule has 1 saturated carbocycles. The molecule has 1 aliphatic carbocycles. The molecule has 132 valence electrons. The van der Waals surface area contributed by atoms with E-state index in [4.69, 9.17) is 5.11 Å². The Labute approximate surface area is 147 Å². The van der Waals surface area contributed by atoms with E-state index >= 15 is 0 Å².